The zero-order valence-electron chi connectivity index (χ0n) is 5.77. The van der Waals surface area contributed by atoms with Crippen LogP contribution in [0.4, 0.5) is 10.1 Å². The smallest absolute Gasteiger partial charge is 0.125 e. The van der Waals surface area contributed by atoms with Crippen LogP contribution in [0.1, 0.15) is 5.56 Å². The number of anilines is 1. The average molecular weight is 175 g/mol. The van der Waals surface area contributed by atoms with Crippen molar-refractivity contribution in [2.24, 2.45) is 5.84 Å². The number of nitrogen functional groups attached to an aromatic ring is 1. The Kier molecular flexibility index (Phi) is 2.68. The third-order valence-corrected chi connectivity index (χ3v) is 1.59. The summed E-state index contributed by atoms with van der Waals surface area (Å²) in [5.41, 5.74) is 3.58. The van der Waals surface area contributed by atoms with Crippen LogP contribution in [0.25, 0.3) is 0 Å². The minimum atomic E-state index is -0.337. The van der Waals surface area contributed by atoms with Gasteiger partial charge in [0.1, 0.15) is 5.82 Å². The van der Waals surface area contributed by atoms with E-state index < -0.39 is 0 Å². The van der Waals surface area contributed by atoms with Gasteiger partial charge in [-0.25, -0.2) is 4.39 Å². The average Bonchev–Trinajstić information content (AvgIpc) is 2.03. The molecular weight excluding hydrogens is 167 g/mol. The van der Waals surface area contributed by atoms with E-state index in [9.17, 15) is 4.39 Å². The topological polar surface area (TPSA) is 38.0 Å². The number of rotatable bonds is 2. The van der Waals surface area contributed by atoms with E-state index in [4.69, 9.17) is 17.4 Å². The molecule has 0 atom stereocenters. The molecule has 1 aromatic rings. The summed E-state index contributed by atoms with van der Waals surface area (Å²) >= 11 is 5.49. The number of benzene rings is 1. The summed E-state index contributed by atoms with van der Waals surface area (Å²) in [6.07, 6.45) is 0. The first-order valence-corrected chi connectivity index (χ1v) is 3.62. The molecule has 60 valence electrons. The maximum Gasteiger partial charge on any atom is 0.125 e. The minimum absolute atomic E-state index is 0.284. The molecule has 0 radical (unpaired) electrons. The van der Waals surface area contributed by atoms with Crippen LogP contribution < -0.4 is 11.3 Å². The summed E-state index contributed by atoms with van der Waals surface area (Å²) in [4.78, 5) is 0. The molecule has 4 heteroatoms. The van der Waals surface area contributed by atoms with Crippen LogP contribution in [0, 0.1) is 5.82 Å². The van der Waals surface area contributed by atoms with E-state index in [-0.39, 0.29) is 11.7 Å². The fourth-order valence-electron chi connectivity index (χ4n) is 0.811. The molecule has 0 saturated heterocycles. The molecule has 1 rings (SSSR count). The van der Waals surface area contributed by atoms with E-state index in [0.717, 1.165) is 0 Å². The SMILES string of the molecule is NNc1cc(F)cc(CCl)c1. The van der Waals surface area contributed by atoms with Gasteiger partial charge in [0.15, 0.2) is 0 Å². The summed E-state index contributed by atoms with van der Waals surface area (Å²) in [5.74, 6) is 5.03. The Bertz CT molecular complexity index is 230. The van der Waals surface area contributed by atoms with E-state index in [0.29, 0.717) is 11.3 Å². The van der Waals surface area contributed by atoms with Crippen LogP contribution >= 0.6 is 11.6 Å². The lowest BCUT2D eigenvalue weighted by Crippen LogP contribution is -2.07. The maximum absolute atomic E-state index is 12.6. The molecule has 3 N–H and O–H groups in total. The molecule has 0 unspecified atom stereocenters. The van der Waals surface area contributed by atoms with Crippen molar-refractivity contribution in [3.63, 3.8) is 0 Å². The molecule has 0 bridgehead atoms. The fraction of sp³-hybridized carbons (Fsp3) is 0.143. The Balaban J connectivity index is 3.02. The normalized spacial score (nSPS) is 9.73. The monoisotopic (exact) mass is 174 g/mol. The molecule has 0 aliphatic rings. The van der Waals surface area contributed by atoms with Crippen molar-refractivity contribution in [1.29, 1.82) is 0 Å². The van der Waals surface area contributed by atoms with E-state index in [1.54, 1.807) is 6.07 Å². The molecule has 11 heavy (non-hydrogen) atoms. The van der Waals surface area contributed by atoms with Crippen LogP contribution in [-0.4, -0.2) is 0 Å². The summed E-state index contributed by atoms with van der Waals surface area (Å²) in [5, 5.41) is 0. The third-order valence-electron chi connectivity index (χ3n) is 1.28. The van der Waals surface area contributed by atoms with Crippen molar-refractivity contribution < 1.29 is 4.39 Å². The fourth-order valence-corrected chi connectivity index (χ4v) is 0.965. The lowest BCUT2D eigenvalue weighted by molar-refractivity contribution is 0.627. The molecule has 2 nitrogen and oxygen atoms in total. The van der Waals surface area contributed by atoms with Crippen molar-refractivity contribution in [1.82, 2.24) is 0 Å². The second-order valence-electron chi connectivity index (χ2n) is 2.13. The first kappa shape index (κ1) is 8.30. The Labute approximate surface area is 69.1 Å². The number of halogens is 2. The molecule has 0 aliphatic carbocycles. The van der Waals surface area contributed by atoms with E-state index in [1.807, 2.05) is 0 Å². The first-order chi connectivity index (χ1) is 5.26. The van der Waals surface area contributed by atoms with Gasteiger partial charge in [-0.1, -0.05) is 0 Å². The van der Waals surface area contributed by atoms with Crippen molar-refractivity contribution >= 4 is 17.3 Å². The predicted octanol–water partition coefficient (Wildman–Crippen LogP) is 1.85. The van der Waals surface area contributed by atoms with Gasteiger partial charge in [0.25, 0.3) is 0 Å². The van der Waals surface area contributed by atoms with Gasteiger partial charge in [0.2, 0.25) is 0 Å². The number of alkyl halides is 1. The Morgan fingerprint density at radius 1 is 1.45 bits per heavy atom. The molecule has 0 amide bonds. The molecule has 0 fully saturated rings. The largest absolute Gasteiger partial charge is 0.324 e. The second kappa shape index (κ2) is 3.55. The predicted molar refractivity (Wildman–Crippen MR) is 43.8 cm³/mol. The second-order valence-corrected chi connectivity index (χ2v) is 2.39. The molecule has 0 aliphatic heterocycles. The zero-order chi connectivity index (χ0) is 8.27. The van der Waals surface area contributed by atoms with Crippen LogP contribution in [0.5, 0.6) is 0 Å². The highest BCUT2D eigenvalue weighted by Gasteiger charge is 1.97. The lowest BCUT2D eigenvalue weighted by Gasteiger charge is -2.01. The van der Waals surface area contributed by atoms with E-state index in [1.165, 1.54) is 12.1 Å². The highest BCUT2D eigenvalue weighted by Crippen LogP contribution is 2.14. The number of hydrogen-bond acceptors (Lipinski definition) is 2. The standard InChI is InChI=1S/C7H8ClFN2/c8-4-5-1-6(9)3-7(2-5)11-10/h1-3,11H,4,10H2. The van der Waals surface area contributed by atoms with Gasteiger partial charge in [-0.2, -0.15) is 0 Å². The Morgan fingerprint density at radius 3 is 2.73 bits per heavy atom. The van der Waals surface area contributed by atoms with Gasteiger partial charge in [0.05, 0.1) is 5.69 Å². The molecule has 1 aromatic carbocycles. The highest BCUT2D eigenvalue weighted by atomic mass is 35.5. The van der Waals surface area contributed by atoms with Gasteiger partial charge in [-0.15, -0.1) is 11.6 Å². The molecule has 0 saturated carbocycles. The van der Waals surface area contributed by atoms with Gasteiger partial charge < -0.3 is 5.43 Å². The summed E-state index contributed by atoms with van der Waals surface area (Å²) in [6.45, 7) is 0. The number of nitrogens with two attached hydrogens (primary N) is 1. The number of nitrogens with one attached hydrogen (secondary N) is 1. The van der Waals surface area contributed by atoms with Gasteiger partial charge in [-0.05, 0) is 23.8 Å². The molecular formula is C7H8ClFN2. The van der Waals surface area contributed by atoms with E-state index >= 15 is 0 Å². The number of hydrogen-bond donors (Lipinski definition) is 2. The number of hydrazine groups is 1. The molecule has 0 heterocycles. The highest BCUT2D eigenvalue weighted by molar-refractivity contribution is 6.17. The van der Waals surface area contributed by atoms with Gasteiger partial charge in [-0.3, -0.25) is 5.84 Å². The van der Waals surface area contributed by atoms with Crippen molar-refractivity contribution in [3.05, 3.63) is 29.6 Å². The van der Waals surface area contributed by atoms with Gasteiger partial charge in [0, 0.05) is 5.88 Å². The third kappa shape index (κ3) is 2.06. The maximum atomic E-state index is 12.6. The Morgan fingerprint density at radius 2 is 2.18 bits per heavy atom. The summed E-state index contributed by atoms with van der Waals surface area (Å²) < 4.78 is 12.6. The minimum Gasteiger partial charge on any atom is -0.324 e. The van der Waals surface area contributed by atoms with Crippen molar-refractivity contribution in [2.75, 3.05) is 5.43 Å². The van der Waals surface area contributed by atoms with E-state index in [2.05, 4.69) is 5.43 Å². The van der Waals surface area contributed by atoms with Crippen molar-refractivity contribution in [2.45, 2.75) is 5.88 Å². The first-order valence-electron chi connectivity index (χ1n) is 3.08. The van der Waals surface area contributed by atoms with Crippen LogP contribution in [-0.2, 0) is 5.88 Å². The quantitative estimate of drug-likeness (QED) is 0.408. The Hall–Kier alpha value is -0.800. The molecule has 0 spiro atoms. The lowest BCUT2D eigenvalue weighted by atomic mass is 10.2. The summed E-state index contributed by atoms with van der Waals surface area (Å²) in [7, 11) is 0. The van der Waals surface area contributed by atoms with Crippen molar-refractivity contribution in [3.8, 4) is 0 Å². The van der Waals surface area contributed by atoms with Crippen LogP contribution in [0.15, 0.2) is 18.2 Å². The molecule has 0 aromatic heterocycles. The van der Waals surface area contributed by atoms with Gasteiger partial charge >= 0.3 is 0 Å². The summed E-state index contributed by atoms with van der Waals surface area (Å²) in [6, 6.07) is 4.36. The zero-order valence-corrected chi connectivity index (χ0v) is 6.53. The van der Waals surface area contributed by atoms with Crippen LogP contribution in [0.3, 0.4) is 0 Å². The van der Waals surface area contributed by atoms with Crippen LogP contribution in [0.2, 0.25) is 0 Å².